The molecule has 0 fully saturated rings. The first-order chi connectivity index (χ1) is 9.24. The van der Waals surface area contributed by atoms with Crippen molar-refractivity contribution in [2.75, 3.05) is 5.32 Å². The topological polar surface area (TPSA) is 29.3 Å². The fourth-order valence-electron chi connectivity index (χ4n) is 1.95. The van der Waals surface area contributed by atoms with E-state index in [1.165, 1.54) is 5.56 Å². The number of nitrogens with one attached hydrogen (secondary N) is 1. The van der Waals surface area contributed by atoms with Crippen LogP contribution >= 0.6 is 34.2 Å². The van der Waals surface area contributed by atoms with E-state index in [9.17, 15) is 0 Å². The number of hydrogen-bond acceptors (Lipinski definition) is 2. The van der Waals surface area contributed by atoms with Gasteiger partial charge in [0.05, 0.1) is 11.7 Å². The molecule has 2 aromatic heterocycles. The summed E-state index contributed by atoms with van der Waals surface area (Å²) in [6, 6.07) is 11.9. The average molecular weight is 384 g/mol. The van der Waals surface area contributed by atoms with Crippen molar-refractivity contribution in [3.05, 3.63) is 62.9 Å². The molecule has 96 valence electrons. The van der Waals surface area contributed by atoms with Crippen LogP contribution in [0.5, 0.6) is 0 Å². The second kappa shape index (κ2) is 5.38. The fourth-order valence-corrected chi connectivity index (χ4v) is 3.01. The van der Waals surface area contributed by atoms with E-state index in [1.54, 1.807) is 0 Å². The van der Waals surface area contributed by atoms with Gasteiger partial charge in [-0.25, -0.2) is 4.52 Å². The minimum absolute atomic E-state index is 0.741. The Hall–Kier alpha value is -1.27. The molecule has 0 saturated carbocycles. The molecule has 19 heavy (non-hydrogen) atoms. The summed E-state index contributed by atoms with van der Waals surface area (Å²) in [6.07, 6.45) is 3.84. The molecule has 0 atom stereocenters. The Morgan fingerprint density at radius 3 is 3.00 bits per heavy atom. The number of fused-ring (bicyclic) bond motifs is 1. The van der Waals surface area contributed by atoms with Gasteiger partial charge in [-0.1, -0.05) is 17.7 Å². The zero-order chi connectivity index (χ0) is 13.2. The molecule has 0 unspecified atom stereocenters. The van der Waals surface area contributed by atoms with Crippen molar-refractivity contribution >= 4 is 45.4 Å². The molecule has 0 bridgehead atoms. The number of pyridine rings is 1. The van der Waals surface area contributed by atoms with Crippen molar-refractivity contribution in [3.8, 4) is 0 Å². The first-order valence-electron chi connectivity index (χ1n) is 5.84. The normalized spacial score (nSPS) is 10.8. The molecular formula is C14H11ClIN3. The van der Waals surface area contributed by atoms with E-state index in [4.69, 9.17) is 11.6 Å². The van der Waals surface area contributed by atoms with Gasteiger partial charge < -0.3 is 5.32 Å². The van der Waals surface area contributed by atoms with Crippen LogP contribution in [0.15, 0.2) is 48.8 Å². The number of halogens is 2. The Morgan fingerprint density at radius 1 is 1.26 bits per heavy atom. The second-order valence-corrected chi connectivity index (χ2v) is 5.78. The summed E-state index contributed by atoms with van der Waals surface area (Å²) in [5.41, 5.74) is 3.38. The van der Waals surface area contributed by atoms with Gasteiger partial charge in [0.1, 0.15) is 0 Å². The number of benzene rings is 1. The van der Waals surface area contributed by atoms with E-state index in [1.807, 2.05) is 47.2 Å². The van der Waals surface area contributed by atoms with Crippen LogP contribution in [-0.2, 0) is 6.54 Å². The van der Waals surface area contributed by atoms with Crippen LogP contribution < -0.4 is 5.32 Å². The molecule has 5 heteroatoms. The van der Waals surface area contributed by atoms with Gasteiger partial charge >= 0.3 is 0 Å². The third-order valence-electron chi connectivity index (χ3n) is 2.91. The number of anilines is 1. The molecule has 0 spiro atoms. The van der Waals surface area contributed by atoms with Gasteiger partial charge in [0.15, 0.2) is 0 Å². The smallest absolute Gasteiger partial charge is 0.0711 e. The zero-order valence-electron chi connectivity index (χ0n) is 9.98. The molecule has 0 saturated heterocycles. The summed E-state index contributed by atoms with van der Waals surface area (Å²) in [5, 5.41) is 8.49. The Morgan fingerprint density at radius 2 is 2.16 bits per heavy atom. The largest absolute Gasteiger partial charge is 0.380 e. The Labute approximate surface area is 129 Å². The van der Waals surface area contributed by atoms with E-state index in [0.29, 0.717) is 0 Å². The molecule has 1 N–H and O–H groups in total. The average Bonchev–Trinajstić information content (AvgIpc) is 2.81. The summed E-state index contributed by atoms with van der Waals surface area (Å²) in [4.78, 5) is 0. The van der Waals surface area contributed by atoms with Crippen LogP contribution in [0, 0.1) is 3.57 Å². The van der Waals surface area contributed by atoms with Crippen molar-refractivity contribution in [2.45, 2.75) is 6.54 Å². The first-order valence-corrected chi connectivity index (χ1v) is 7.30. The minimum Gasteiger partial charge on any atom is -0.380 e. The fraction of sp³-hybridized carbons (Fsp3) is 0.0714. The first kappa shape index (κ1) is 12.7. The molecule has 3 nitrogen and oxygen atoms in total. The molecule has 0 radical (unpaired) electrons. The molecule has 2 heterocycles. The second-order valence-electron chi connectivity index (χ2n) is 4.18. The maximum atomic E-state index is 5.95. The lowest BCUT2D eigenvalue weighted by Gasteiger charge is -2.08. The highest BCUT2D eigenvalue weighted by Crippen LogP contribution is 2.23. The van der Waals surface area contributed by atoms with Crippen LogP contribution in [0.1, 0.15) is 5.56 Å². The number of rotatable bonds is 3. The molecule has 1 aromatic carbocycles. The monoisotopic (exact) mass is 383 g/mol. The SMILES string of the molecule is Clc1ccc(NCc2cnn3ccccc23)c(I)c1. The van der Waals surface area contributed by atoms with E-state index < -0.39 is 0 Å². The van der Waals surface area contributed by atoms with Crippen LogP contribution in [0.2, 0.25) is 5.02 Å². The highest BCUT2D eigenvalue weighted by atomic mass is 127. The van der Waals surface area contributed by atoms with Crippen LogP contribution in [-0.4, -0.2) is 9.61 Å². The molecule has 0 aliphatic heterocycles. The van der Waals surface area contributed by atoms with Gasteiger partial charge in [0.2, 0.25) is 0 Å². The van der Waals surface area contributed by atoms with Gasteiger partial charge in [0, 0.05) is 32.6 Å². The van der Waals surface area contributed by atoms with Gasteiger partial charge in [-0.05, 0) is 52.9 Å². The van der Waals surface area contributed by atoms with Crippen LogP contribution in [0.25, 0.3) is 5.52 Å². The molecule has 3 rings (SSSR count). The zero-order valence-corrected chi connectivity index (χ0v) is 12.9. The van der Waals surface area contributed by atoms with Crippen molar-refractivity contribution in [3.63, 3.8) is 0 Å². The summed E-state index contributed by atoms with van der Waals surface area (Å²) in [5.74, 6) is 0. The number of nitrogens with zero attached hydrogens (tertiary/aromatic N) is 2. The molecule has 0 amide bonds. The molecule has 0 aliphatic rings. The van der Waals surface area contributed by atoms with E-state index in [0.717, 1.165) is 26.3 Å². The number of hydrogen-bond donors (Lipinski definition) is 1. The Kier molecular flexibility index (Phi) is 3.61. The molecular weight excluding hydrogens is 373 g/mol. The van der Waals surface area contributed by atoms with Gasteiger partial charge in [-0.2, -0.15) is 5.10 Å². The van der Waals surface area contributed by atoms with E-state index in [-0.39, 0.29) is 0 Å². The van der Waals surface area contributed by atoms with Crippen molar-refractivity contribution in [1.29, 1.82) is 0 Å². The Balaban J connectivity index is 1.82. The lowest BCUT2D eigenvalue weighted by molar-refractivity contribution is 0.961. The van der Waals surface area contributed by atoms with Gasteiger partial charge in [-0.15, -0.1) is 0 Å². The van der Waals surface area contributed by atoms with Crippen molar-refractivity contribution in [2.24, 2.45) is 0 Å². The molecule has 0 aliphatic carbocycles. The maximum Gasteiger partial charge on any atom is 0.0711 e. The van der Waals surface area contributed by atoms with Crippen LogP contribution in [0.3, 0.4) is 0 Å². The van der Waals surface area contributed by atoms with E-state index in [2.05, 4.69) is 39.1 Å². The lowest BCUT2D eigenvalue weighted by atomic mass is 10.2. The van der Waals surface area contributed by atoms with Crippen molar-refractivity contribution < 1.29 is 0 Å². The summed E-state index contributed by atoms with van der Waals surface area (Å²) in [6.45, 7) is 0.741. The van der Waals surface area contributed by atoms with Crippen LogP contribution in [0.4, 0.5) is 5.69 Å². The van der Waals surface area contributed by atoms with Gasteiger partial charge in [0.25, 0.3) is 0 Å². The third kappa shape index (κ3) is 2.69. The highest BCUT2D eigenvalue weighted by Gasteiger charge is 2.04. The van der Waals surface area contributed by atoms with Gasteiger partial charge in [-0.3, -0.25) is 0 Å². The maximum absolute atomic E-state index is 5.95. The minimum atomic E-state index is 0.741. The lowest BCUT2D eigenvalue weighted by Crippen LogP contribution is -2.00. The predicted molar refractivity (Wildman–Crippen MR) is 86.7 cm³/mol. The molecule has 3 aromatic rings. The quantitative estimate of drug-likeness (QED) is 0.687. The predicted octanol–water partition coefficient (Wildman–Crippen LogP) is 4.20. The third-order valence-corrected chi connectivity index (χ3v) is 4.03. The Bertz CT molecular complexity index is 724. The summed E-state index contributed by atoms with van der Waals surface area (Å²) in [7, 11) is 0. The van der Waals surface area contributed by atoms with Crippen molar-refractivity contribution in [1.82, 2.24) is 9.61 Å². The summed E-state index contributed by atoms with van der Waals surface area (Å²) < 4.78 is 2.99. The standard InChI is InChI=1S/C14H11ClIN3/c15-11-4-5-13(12(16)7-11)17-8-10-9-18-19-6-2-1-3-14(10)19/h1-7,9,17H,8H2. The van der Waals surface area contributed by atoms with E-state index >= 15 is 0 Å². The number of aromatic nitrogens is 2. The highest BCUT2D eigenvalue weighted by molar-refractivity contribution is 14.1. The summed E-state index contributed by atoms with van der Waals surface area (Å²) >= 11 is 8.23.